The number of halogens is 1. The fraction of sp³-hybridized carbons (Fsp3) is 1.00. The van der Waals surface area contributed by atoms with Crippen molar-refractivity contribution in [3.8, 4) is 0 Å². The van der Waals surface area contributed by atoms with Crippen molar-refractivity contribution in [1.29, 1.82) is 0 Å². The van der Waals surface area contributed by atoms with Crippen LogP contribution in [0.15, 0.2) is 0 Å². The van der Waals surface area contributed by atoms with Crippen molar-refractivity contribution in [3.63, 3.8) is 0 Å². The van der Waals surface area contributed by atoms with Crippen molar-refractivity contribution in [2.75, 3.05) is 0 Å². The van der Waals surface area contributed by atoms with Gasteiger partial charge in [-0.3, -0.25) is 0 Å². The molecule has 1 N–H and O–H groups in total. The lowest BCUT2D eigenvalue weighted by atomic mass is 9.87. The standard InChI is InChI=1S/C7H14FN/c1-6-4-2-3-5-7(6)9-8/h6-7,9H,2-5H2,1H3. The van der Waals surface area contributed by atoms with Crippen molar-refractivity contribution in [3.05, 3.63) is 0 Å². The summed E-state index contributed by atoms with van der Waals surface area (Å²) >= 11 is 0. The van der Waals surface area contributed by atoms with Gasteiger partial charge in [0.05, 0.1) is 0 Å². The molecule has 2 unspecified atom stereocenters. The molecule has 9 heavy (non-hydrogen) atoms. The lowest BCUT2D eigenvalue weighted by Gasteiger charge is -2.25. The van der Waals surface area contributed by atoms with Crippen LogP contribution in [0.25, 0.3) is 0 Å². The minimum absolute atomic E-state index is 0.138. The molecule has 1 fully saturated rings. The molecule has 0 radical (unpaired) electrons. The summed E-state index contributed by atoms with van der Waals surface area (Å²) in [5.41, 5.74) is 1.85. The molecule has 0 aromatic heterocycles. The van der Waals surface area contributed by atoms with Crippen LogP contribution < -0.4 is 5.54 Å². The summed E-state index contributed by atoms with van der Waals surface area (Å²) in [6.45, 7) is 2.11. The Morgan fingerprint density at radius 3 is 2.44 bits per heavy atom. The molecule has 0 heterocycles. The Balaban J connectivity index is 2.30. The summed E-state index contributed by atoms with van der Waals surface area (Å²) in [6.07, 6.45) is 4.66. The van der Waals surface area contributed by atoms with Gasteiger partial charge in [-0.1, -0.05) is 19.8 Å². The zero-order chi connectivity index (χ0) is 6.69. The zero-order valence-corrected chi connectivity index (χ0v) is 5.86. The van der Waals surface area contributed by atoms with Gasteiger partial charge in [0.2, 0.25) is 0 Å². The van der Waals surface area contributed by atoms with E-state index in [-0.39, 0.29) is 6.04 Å². The van der Waals surface area contributed by atoms with Gasteiger partial charge >= 0.3 is 0 Å². The highest BCUT2D eigenvalue weighted by atomic mass is 19.2. The molecule has 1 rings (SSSR count). The van der Waals surface area contributed by atoms with Crippen molar-refractivity contribution in [1.82, 2.24) is 5.54 Å². The van der Waals surface area contributed by atoms with Crippen LogP contribution in [0, 0.1) is 5.92 Å². The lowest BCUT2D eigenvalue weighted by molar-refractivity contribution is 0.177. The molecule has 0 aromatic carbocycles. The molecule has 0 spiro atoms. The second-order valence-electron chi connectivity index (χ2n) is 2.98. The minimum Gasteiger partial charge on any atom is -0.156 e. The largest absolute Gasteiger partial charge is 0.156 e. The van der Waals surface area contributed by atoms with Crippen LogP contribution in [0.4, 0.5) is 4.48 Å². The van der Waals surface area contributed by atoms with E-state index in [1.165, 1.54) is 19.3 Å². The van der Waals surface area contributed by atoms with Crippen molar-refractivity contribution < 1.29 is 4.48 Å². The van der Waals surface area contributed by atoms with Gasteiger partial charge in [0, 0.05) is 6.04 Å². The van der Waals surface area contributed by atoms with Crippen molar-refractivity contribution >= 4 is 0 Å². The quantitative estimate of drug-likeness (QED) is 0.537. The van der Waals surface area contributed by atoms with E-state index in [1.54, 1.807) is 0 Å². The fourth-order valence-electron chi connectivity index (χ4n) is 1.48. The molecule has 1 aliphatic carbocycles. The maximum atomic E-state index is 11.9. The third-order valence-electron chi connectivity index (χ3n) is 2.25. The average Bonchev–Trinajstić information content (AvgIpc) is 1.89. The summed E-state index contributed by atoms with van der Waals surface area (Å²) in [5.74, 6) is 0.531. The van der Waals surface area contributed by atoms with E-state index in [0.29, 0.717) is 5.92 Å². The van der Waals surface area contributed by atoms with Crippen LogP contribution in [0.3, 0.4) is 0 Å². The van der Waals surface area contributed by atoms with E-state index in [0.717, 1.165) is 6.42 Å². The molecule has 1 aliphatic rings. The first-order valence-corrected chi connectivity index (χ1v) is 3.70. The van der Waals surface area contributed by atoms with Gasteiger partial charge in [0.15, 0.2) is 0 Å². The molecule has 0 amide bonds. The van der Waals surface area contributed by atoms with E-state index in [2.05, 4.69) is 6.92 Å². The van der Waals surface area contributed by atoms with Crippen LogP contribution in [0.5, 0.6) is 0 Å². The maximum Gasteiger partial charge on any atom is 0.0397 e. The highest BCUT2D eigenvalue weighted by Gasteiger charge is 2.20. The lowest BCUT2D eigenvalue weighted by Crippen LogP contribution is -2.31. The molecule has 0 bridgehead atoms. The first-order valence-electron chi connectivity index (χ1n) is 3.70. The Morgan fingerprint density at radius 2 is 2.00 bits per heavy atom. The normalized spacial score (nSPS) is 36.7. The summed E-state index contributed by atoms with van der Waals surface area (Å²) in [4.78, 5) is 0. The Morgan fingerprint density at radius 1 is 1.33 bits per heavy atom. The van der Waals surface area contributed by atoms with Crippen LogP contribution >= 0.6 is 0 Å². The van der Waals surface area contributed by atoms with E-state index >= 15 is 0 Å². The van der Waals surface area contributed by atoms with E-state index < -0.39 is 0 Å². The number of hydrogen-bond donors (Lipinski definition) is 1. The Labute approximate surface area is 55.6 Å². The van der Waals surface area contributed by atoms with Crippen molar-refractivity contribution in [2.45, 2.75) is 38.6 Å². The SMILES string of the molecule is CC1CCCCC1NF. The third-order valence-corrected chi connectivity index (χ3v) is 2.25. The van der Waals surface area contributed by atoms with Gasteiger partial charge in [0.1, 0.15) is 0 Å². The molecular formula is C7H14FN. The van der Waals surface area contributed by atoms with Gasteiger partial charge in [-0.25, -0.2) is 0 Å². The topological polar surface area (TPSA) is 12.0 Å². The fourth-order valence-corrected chi connectivity index (χ4v) is 1.48. The molecule has 0 aromatic rings. The predicted molar refractivity (Wildman–Crippen MR) is 35.7 cm³/mol. The molecule has 1 nitrogen and oxygen atoms in total. The number of hydrogen-bond acceptors (Lipinski definition) is 1. The van der Waals surface area contributed by atoms with Gasteiger partial charge in [-0.05, 0) is 18.8 Å². The summed E-state index contributed by atoms with van der Waals surface area (Å²) < 4.78 is 11.9. The summed E-state index contributed by atoms with van der Waals surface area (Å²) in [7, 11) is 0. The highest BCUT2D eigenvalue weighted by Crippen LogP contribution is 2.23. The Kier molecular flexibility index (Phi) is 2.46. The monoisotopic (exact) mass is 131 g/mol. The van der Waals surface area contributed by atoms with Crippen molar-refractivity contribution in [2.24, 2.45) is 5.92 Å². The van der Waals surface area contributed by atoms with Crippen LogP contribution in [0.2, 0.25) is 0 Å². The molecular weight excluding hydrogens is 117 g/mol. The smallest absolute Gasteiger partial charge is 0.0397 e. The summed E-state index contributed by atoms with van der Waals surface area (Å²) in [5, 5.41) is 0. The molecule has 0 aliphatic heterocycles. The van der Waals surface area contributed by atoms with Gasteiger partial charge in [-0.15, -0.1) is 4.48 Å². The van der Waals surface area contributed by atoms with Gasteiger partial charge in [0.25, 0.3) is 0 Å². The van der Waals surface area contributed by atoms with Crippen LogP contribution in [0.1, 0.15) is 32.6 Å². The predicted octanol–water partition coefficient (Wildman–Crippen LogP) is 2.04. The Bertz CT molecular complexity index is 85.0. The van der Waals surface area contributed by atoms with Crippen LogP contribution in [-0.2, 0) is 0 Å². The van der Waals surface area contributed by atoms with Gasteiger partial charge in [-0.2, -0.15) is 5.54 Å². The second kappa shape index (κ2) is 3.16. The molecule has 2 atom stereocenters. The zero-order valence-electron chi connectivity index (χ0n) is 5.86. The third kappa shape index (κ3) is 1.65. The molecule has 0 saturated heterocycles. The highest BCUT2D eigenvalue weighted by molar-refractivity contribution is 4.74. The van der Waals surface area contributed by atoms with Gasteiger partial charge < -0.3 is 0 Å². The molecule has 1 saturated carbocycles. The van der Waals surface area contributed by atoms with E-state index in [1.807, 2.05) is 5.54 Å². The van der Waals surface area contributed by atoms with Crippen LogP contribution in [-0.4, -0.2) is 6.04 Å². The first kappa shape index (κ1) is 7.00. The average molecular weight is 131 g/mol. The molecule has 2 heteroatoms. The first-order chi connectivity index (χ1) is 4.34. The van der Waals surface area contributed by atoms with E-state index in [9.17, 15) is 4.48 Å². The maximum absolute atomic E-state index is 11.9. The minimum atomic E-state index is 0.138. The number of nitrogens with one attached hydrogen (secondary N) is 1. The Hall–Kier alpha value is -0.110. The summed E-state index contributed by atoms with van der Waals surface area (Å²) in [6, 6.07) is 0.138. The number of rotatable bonds is 1. The second-order valence-corrected chi connectivity index (χ2v) is 2.98. The van der Waals surface area contributed by atoms with E-state index in [4.69, 9.17) is 0 Å². The molecule has 54 valence electrons.